The van der Waals surface area contributed by atoms with Crippen molar-refractivity contribution in [2.24, 2.45) is 0 Å². The first-order valence-corrected chi connectivity index (χ1v) is 3.42. The molecule has 2 atom stereocenters. The van der Waals surface area contributed by atoms with Crippen LogP contribution in [-0.4, -0.2) is 18.0 Å². The molecule has 0 aromatic carbocycles. The average molecular weight is 128 g/mol. The van der Waals surface area contributed by atoms with E-state index in [0.29, 0.717) is 6.42 Å². The van der Waals surface area contributed by atoms with E-state index in [1.54, 1.807) is 0 Å². The highest BCUT2D eigenvalue weighted by molar-refractivity contribution is 5.85. The van der Waals surface area contributed by atoms with Crippen LogP contribution < -0.4 is 0 Å². The molecule has 0 aromatic rings. The summed E-state index contributed by atoms with van der Waals surface area (Å²) in [4.78, 5) is 10.9. The van der Waals surface area contributed by atoms with E-state index in [-0.39, 0.29) is 18.0 Å². The fourth-order valence-corrected chi connectivity index (χ4v) is 1.14. The molecule has 1 aliphatic rings. The van der Waals surface area contributed by atoms with Crippen LogP contribution in [0.15, 0.2) is 0 Å². The van der Waals surface area contributed by atoms with E-state index in [0.717, 1.165) is 6.42 Å². The van der Waals surface area contributed by atoms with Gasteiger partial charge in [-0.2, -0.15) is 0 Å². The third kappa shape index (κ3) is 1.30. The molecule has 1 heterocycles. The van der Waals surface area contributed by atoms with Gasteiger partial charge in [-0.3, -0.25) is 4.79 Å². The van der Waals surface area contributed by atoms with Crippen LogP contribution in [-0.2, 0) is 9.53 Å². The summed E-state index contributed by atoms with van der Waals surface area (Å²) in [5, 5.41) is 0. The zero-order chi connectivity index (χ0) is 6.85. The zero-order valence-corrected chi connectivity index (χ0v) is 5.89. The summed E-state index contributed by atoms with van der Waals surface area (Å²) in [7, 11) is 0. The van der Waals surface area contributed by atoms with Crippen LogP contribution in [0.5, 0.6) is 0 Å². The van der Waals surface area contributed by atoms with E-state index in [1.807, 2.05) is 13.8 Å². The first kappa shape index (κ1) is 6.75. The quantitative estimate of drug-likeness (QED) is 0.529. The lowest BCUT2D eigenvalue weighted by Crippen LogP contribution is -2.13. The Labute approximate surface area is 55.2 Å². The normalized spacial score (nSPS) is 35.6. The van der Waals surface area contributed by atoms with E-state index in [4.69, 9.17) is 4.74 Å². The second-order valence-electron chi connectivity index (χ2n) is 2.51. The summed E-state index contributed by atoms with van der Waals surface area (Å²) in [5.41, 5.74) is 0. The summed E-state index contributed by atoms with van der Waals surface area (Å²) in [6.45, 7) is 3.91. The molecule has 2 heteroatoms. The molecule has 0 bridgehead atoms. The number of carbonyl (C=O) groups excluding carboxylic acids is 1. The number of Topliss-reactive ketones (excluding diaryl/α,β-unsaturated/α-hetero) is 1. The van der Waals surface area contributed by atoms with Gasteiger partial charge in [-0.15, -0.1) is 0 Å². The molecular weight excluding hydrogens is 116 g/mol. The molecule has 1 fully saturated rings. The molecule has 9 heavy (non-hydrogen) atoms. The molecule has 1 saturated heterocycles. The first-order chi connectivity index (χ1) is 4.24. The van der Waals surface area contributed by atoms with Gasteiger partial charge in [-0.25, -0.2) is 0 Å². The van der Waals surface area contributed by atoms with Crippen LogP contribution in [0, 0.1) is 0 Å². The molecule has 0 radical (unpaired) electrons. The highest BCUT2D eigenvalue weighted by atomic mass is 16.5. The van der Waals surface area contributed by atoms with Gasteiger partial charge in [0.2, 0.25) is 0 Å². The monoisotopic (exact) mass is 128 g/mol. The van der Waals surface area contributed by atoms with Crippen molar-refractivity contribution in [1.82, 2.24) is 0 Å². The Morgan fingerprint density at radius 1 is 1.78 bits per heavy atom. The third-order valence-corrected chi connectivity index (χ3v) is 1.62. The molecule has 1 unspecified atom stereocenters. The third-order valence-electron chi connectivity index (χ3n) is 1.62. The van der Waals surface area contributed by atoms with E-state index in [2.05, 4.69) is 0 Å². The van der Waals surface area contributed by atoms with E-state index < -0.39 is 0 Å². The molecule has 0 saturated carbocycles. The minimum atomic E-state index is -0.0972. The van der Waals surface area contributed by atoms with Crippen molar-refractivity contribution in [3.63, 3.8) is 0 Å². The van der Waals surface area contributed by atoms with Gasteiger partial charge in [0.15, 0.2) is 5.78 Å². The summed E-state index contributed by atoms with van der Waals surface area (Å²) >= 11 is 0. The fraction of sp³-hybridized carbons (Fsp3) is 0.857. The van der Waals surface area contributed by atoms with Crippen LogP contribution in [0.2, 0.25) is 0 Å². The lowest BCUT2D eigenvalue weighted by molar-refractivity contribution is -0.122. The molecular formula is C7H12O2. The van der Waals surface area contributed by atoms with Gasteiger partial charge < -0.3 is 4.74 Å². The maximum absolute atomic E-state index is 10.9. The topological polar surface area (TPSA) is 26.3 Å². The van der Waals surface area contributed by atoms with Crippen molar-refractivity contribution in [3.05, 3.63) is 0 Å². The van der Waals surface area contributed by atoms with Gasteiger partial charge in [0, 0.05) is 6.42 Å². The zero-order valence-electron chi connectivity index (χ0n) is 5.89. The Morgan fingerprint density at radius 2 is 2.44 bits per heavy atom. The van der Waals surface area contributed by atoms with Gasteiger partial charge in [0.1, 0.15) is 6.10 Å². The van der Waals surface area contributed by atoms with Crippen LogP contribution in [0.4, 0.5) is 0 Å². The second-order valence-corrected chi connectivity index (χ2v) is 2.51. The summed E-state index contributed by atoms with van der Waals surface area (Å²) in [5.74, 6) is 0.269. The molecule has 0 spiro atoms. The number of carbonyl (C=O) groups is 1. The van der Waals surface area contributed by atoms with Gasteiger partial charge >= 0.3 is 0 Å². The van der Waals surface area contributed by atoms with Crippen LogP contribution in [0.25, 0.3) is 0 Å². The highest BCUT2D eigenvalue weighted by Gasteiger charge is 2.28. The smallest absolute Gasteiger partial charge is 0.164 e. The van der Waals surface area contributed by atoms with Gasteiger partial charge in [-0.05, 0) is 13.3 Å². The largest absolute Gasteiger partial charge is 0.367 e. The predicted octanol–water partition coefficient (Wildman–Crippen LogP) is 1.14. The number of rotatable bonds is 1. The molecule has 0 amide bonds. The predicted molar refractivity (Wildman–Crippen MR) is 34.2 cm³/mol. The second kappa shape index (κ2) is 2.48. The minimum absolute atomic E-state index is 0.0972. The molecule has 0 N–H and O–H groups in total. The molecule has 1 aliphatic heterocycles. The lowest BCUT2D eigenvalue weighted by Gasteiger charge is -2.04. The van der Waals surface area contributed by atoms with Gasteiger partial charge in [0.25, 0.3) is 0 Å². The average Bonchev–Trinajstić information content (AvgIpc) is 2.10. The number of ether oxygens (including phenoxy) is 1. The van der Waals surface area contributed by atoms with Gasteiger partial charge in [-0.1, -0.05) is 6.92 Å². The Kier molecular flexibility index (Phi) is 1.86. The van der Waals surface area contributed by atoms with E-state index >= 15 is 0 Å². The lowest BCUT2D eigenvalue weighted by atomic mass is 10.1. The van der Waals surface area contributed by atoms with Crippen LogP contribution in [0.1, 0.15) is 26.7 Å². The first-order valence-electron chi connectivity index (χ1n) is 3.42. The SMILES string of the molecule is CC[C@H]1OC(C)CC1=O. The Morgan fingerprint density at radius 3 is 2.67 bits per heavy atom. The Bertz CT molecular complexity index is 120. The molecule has 0 aliphatic carbocycles. The molecule has 52 valence electrons. The molecule has 0 aromatic heterocycles. The number of hydrogen-bond acceptors (Lipinski definition) is 2. The van der Waals surface area contributed by atoms with E-state index in [1.165, 1.54) is 0 Å². The van der Waals surface area contributed by atoms with Crippen molar-refractivity contribution in [2.75, 3.05) is 0 Å². The maximum Gasteiger partial charge on any atom is 0.164 e. The van der Waals surface area contributed by atoms with Crippen molar-refractivity contribution in [2.45, 2.75) is 38.9 Å². The summed E-state index contributed by atoms with van der Waals surface area (Å²) < 4.78 is 5.27. The van der Waals surface area contributed by atoms with Crippen molar-refractivity contribution in [3.8, 4) is 0 Å². The summed E-state index contributed by atoms with van der Waals surface area (Å²) in [6, 6.07) is 0. The molecule has 1 rings (SSSR count). The maximum atomic E-state index is 10.9. The molecule has 2 nitrogen and oxygen atoms in total. The van der Waals surface area contributed by atoms with Crippen LogP contribution in [0.3, 0.4) is 0 Å². The fourth-order valence-electron chi connectivity index (χ4n) is 1.14. The van der Waals surface area contributed by atoms with E-state index in [9.17, 15) is 4.79 Å². The van der Waals surface area contributed by atoms with Crippen molar-refractivity contribution >= 4 is 5.78 Å². The van der Waals surface area contributed by atoms with Crippen LogP contribution >= 0.6 is 0 Å². The standard InChI is InChI=1S/C7H12O2/c1-3-7-6(8)4-5(2)9-7/h5,7H,3-4H2,1-2H3/t5?,7-/m1/s1. The Hall–Kier alpha value is -0.370. The number of hydrogen-bond donors (Lipinski definition) is 0. The van der Waals surface area contributed by atoms with Gasteiger partial charge in [0.05, 0.1) is 6.10 Å². The summed E-state index contributed by atoms with van der Waals surface area (Å²) in [6.07, 6.45) is 1.49. The highest BCUT2D eigenvalue weighted by Crippen LogP contribution is 2.17. The number of ketones is 1. The van der Waals surface area contributed by atoms with Crippen molar-refractivity contribution < 1.29 is 9.53 Å². The minimum Gasteiger partial charge on any atom is -0.367 e. The van der Waals surface area contributed by atoms with Crippen molar-refractivity contribution in [1.29, 1.82) is 0 Å². The Balaban J connectivity index is 2.48.